The number of allylic oxidation sites excluding steroid dienone is 1. The van der Waals surface area contributed by atoms with Gasteiger partial charge in [0.1, 0.15) is 17.3 Å². The molecule has 1 N–H and O–H groups in total. The predicted molar refractivity (Wildman–Crippen MR) is 150 cm³/mol. The summed E-state index contributed by atoms with van der Waals surface area (Å²) in [5, 5.41) is 2.45. The van der Waals surface area contributed by atoms with Crippen LogP contribution >= 0.6 is 0 Å². The number of nitrogens with zero attached hydrogens (tertiary/aromatic N) is 5. The van der Waals surface area contributed by atoms with Gasteiger partial charge in [-0.2, -0.15) is 13.2 Å². The van der Waals surface area contributed by atoms with Crippen molar-refractivity contribution in [2.45, 2.75) is 44.6 Å². The SMILES string of the molecule is CN(C)C(=O)C=CCCC(OC(=O)N(C)C)C(=O)Nc1cccn(Cc2nc3cc(F)ccc3n2CCC(F)(F)F)c1=O. The summed E-state index contributed by atoms with van der Waals surface area (Å²) in [5.74, 6) is -1.61. The highest BCUT2D eigenvalue weighted by Crippen LogP contribution is 2.24. The molecule has 0 aliphatic heterocycles. The molecule has 11 nitrogen and oxygen atoms in total. The molecule has 2 aromatic heterocycles. The largest absolute Gasteiger partial charge is 0.436 e. The molecule has 1 unspecified atom stereocenters. The molecule has 1 aromatic carbocycles. The van der Waals surface area contributed by atoms with Crippen molar-refractivity contribution in [2.75, 3.05) is 33.5 Å². The van der Waals surface area contributed by atoms with Gasteiger partial charge in [0, 0.05) is 47.0 Å². The van der Waals surface area contributed by atoms with Crippen molar-refractivity contribution in [2.24, 2.45) is 0 Å². The zero-order valence-electron chi connectivity index (χ0n) is 24.0. The number of halogens is 4. The number of amides is 3. The Morgan fingerprint density at radius 1 is 1.12 bits per heavy atom. The smallest absolute Gasteiger partial charge is 0.410 e. The second-order valence-electron chi connectivity index (χ2n) is 10.0. The number of benzene rings is 1. The predicted octanol–water partition coefficient (Wildman–Crippen LogP) is 3.77. The number of hydrogen-bond donors (Lipinski definition) is 1. The van der Waals surface area contributed by atoms with E-state index < -0.39 is 48.6 Å². The number of ether oxygens (including phenoxy) is 1. The molecule has 0 fully saturated rings. The van der Waals surface area contributed by atoms with Gasteiger partial charge in [-0.3, -0.25) is 14.4 Å². The zero-order chi connectivity index (χ0) is 31.9. The molecular weight excluding hydrogens is 576 g/mol. The summed E-state index contributed by atoms with van der Waals surface area (Å²) in [7, 11) is 6.01. The van der Waals surface area contributed by atoms with Crippen molar-refractivity contribution >= 4 is 34.6 Å². The number of aryl methyl sites for hydroxylation is 1. The fraction of sp³-hybridized carbons (Fsp3) is 0.393. The number of rotatable bonds is 11. The third kappa shape index (κ3) is 9.15. The van der Waals surface area contributed by atoms with Crippen molar-refractivity contribution in [1.82, 2.24) is 23.9 Å². The molecule has 2 heterocycles. The number of carbonyl (C=O) groups is 3. The molecule has 0 radical (unpaired) electrons. The summed E-state index contributed by atoms with van der Waals surface area (Å²) >= 11 is 0. The van der Waals surface area contributed by atoms with Crippen LogP contribution in [-0.4, -0.2) is 82.3 Å². The quantitative estimate of drug-likeness (QED) is 0.262. The molecular formula is C28H32F4N6O5. The third-order valence-corrected chi connectivity index (χ3v) is 6.20. The molecule has 3 rings (SSSR count). The van der Waals surface area contributed by atoms with Crippen LogP contribution in [-0.2, 0) is 27.4 Å². The molecule has 0 saturated carbocycles. The lowest BCUT2D eigenvalue weighted by Gasteiger charge is -2.20. The number of hydrogen-bond acceptors (Lipinski definition) is 6. The lowest BCUT2D eigenvalue weighted by molar-refractivity contribution is -0.136. The molecule has 232 valence electrons. The Morgan fingerprint density at radius 3 is 2.49 bits per heavy atom. The maximum Gasteiger partial charge on any atom is 0.410 e. The molecule has 0 spiro atoms. The van der Waals surface area contributed by atoms with Crippen LogP contribution in [0.15, 0.2) is 53.5 Å². The highest BCUT2D eigenvalue weighted by Gasteiger charge is 2.28. The van der Waals surface area contributed by atoms with Crippen molar-refractivity contribution in [3.05, 3.63) is 70.7 Å². The monoisotopic (exact) mass is 608 g/mol. The van der Waals surface area contributed by atoms with Gasteiger partial charge in [0.25, 0.3) is 11.5 Å². The van der Waals surface area contributed by atoms with Gasteiger partial charge in [-0.05, 0) is 43.2 Å². The number of aromatic nitrogens is 3. The molecule has 0 bridgehead atoms. The Kier molecular flexibility index (Phi) is 10.7. The Labute approximate surface area is 244 Å². The average Bonchev–Trinajstić information content (AvgIpc) is 3.26. The summed E-state index contributed by atoms with van der Waals surface area (Å²) in [6.45, 7) is -0.778. The van der Waals surface area contributed by atoms with E-state index in [-0.39, 0.29) is 47.8 Å². The van der Waals surface area contributed by atoms with Crippen LogP contribution in [0.5, 0.6) is 0 Å². The van der Waals surface area contributed by atoms with Crippen LogP contribution in [0.4, 0.5) is 28.0 Å². The van der Waals surface area contributed by atoms with Crippen LogP contribution in [0.2, 0.25) is 0 Å². The molecule has 43 heavy (non-hydrogen) atoms. The third-order valence-electron chi connectivity index (χ3n) is 6.20. The maximum atomic E-state index is 13.8. The number of pyridine rings is 1. The number of fused-ring (bicyclic) bond motifs is 1. The number of likely N-dealkylation sites (N-methyl/N-ethyl adjacent to an activating group) is 1. The van der Waals surface area contributed by atoms with Crippen LogP contribution in [0.25, 0.3) is 11.0 Å². The first kappa shape index (κ1) is 32.8. The highest BCUT2D eigenvalue weighted by molar-refractivity contribution is 5.95. The first-order chi connectivity index (χ1) is 20.2. The molecule has 3 amide bonds. The van der Waals surface area contributed by atoms with Gasteiger partial charge in [-0.15, -0.1) is 0 Å². The van der Waals surface area contributed by atoms with E-state index in [1.807, 2.05) is 0 Å². The summed E-state index contributed by atoms with van der Waals surface area (Å²) in [5.41, 5.74) is -0.488. The fourth-order valence-electron chi connectivity index (χ4n) is 3.94. The van der Waals surface area contributed by atoms with Crippen LogP contribution in [0.1, 0.15) is 25.1 Å². The van der Waals surface area contributed by atoms with Crippen LogP contribution in [0.3, 0.4) is 0 Å². The first-order valence-corrected chi connectivity index (χ1v) is 13.1. The minimum atomic E-state index is -4.46. The summed E-state index contributed by atoms with van der Waals surface area (Å²) in [6.07, 6.45) is -3.33. The van der Waals surface area contributed by atoms with E-state index in [0.29, 0.717) is 0 Å². The minimum absolute atomic E-state index is 0.00341. The lowest BCUT2D eigenvalue weighted by atomic mass is 10.1. The summed E-state index contributed by atoms with van der Waals surface area (Å²) in [4.78, 5) is 57.0. The van der Waals surface area contributed by atoms with E-state index in [2.05, 4.69) is 10.3 Å². The normalized spacial score (nSPS) is 12.4. The van der Waals surface area contributed by atoms with Gasteiger partial charge in [0.05, 0.1) is 24.0 Å². The Bertz CT molecular complexity index is 1560. The van der Waals surface area contributed by atoms with Crippen LogP contribution in [0, 0.1) is 5.82 Å². The van der Waals surface area contributed by atoms with Gasteiger partial charge in [0.15, 0.2) is 6.10 Å². The van der Waals surface area contributed by atoms with Gasteiger partial charge in [-0.25, -0.2) is 14.2 Å². The highest BCUT2D eigenvalue weighted by atomic mass is 19.4. The summed E-state index contributed by atoms with van der Waals surface area (Å²) in [6, 6.07) is 6.27. The second kappa shape index (κ2) is 14.0. The van der Waals surface area contributed by atoms with E-state index in [1.165, 1.54) is 60.1 Å². The van der Waals surface area contributed by atoms with E-state index in [1.54, 1.807) is 14.1 Å². The van der Waals surface area contributed by atoms with E-state index in [4.69, 9.17) is 4.74 Å². The molecule has 1 atom stereocenters. The van der Waals surface area contributed by atoms with E-state index >= 15 is 0 Å². The summed E-state index contributed by atoms with van der Waals surface area (Å²) < 4.78 is 60.5. The molecule has 0 aliphatic carbocycles. The molecule has 15 heteroatoms. The fourth-order valence-corrected chi connectivity index (χ4v) is 3.94. The number of imidazole rings is 1. The zero-order valence-corrected chi connectivity index (χ0v) is 24.0. The Hall–Kier alpha value is -4.69. The second-order valence-corrected chi connectivity index (χ2v) is 10.0. The number of alkyl halides is 3. The van der Waals surface area contributed by atoms with Gasteiger partial charge in [0.2, 0.25) is 5.91 Å². The van der Waals surface area contributed by atoms with Crippen molar-refractivity contribution in [3.8, 4) is 0 Å². The van der Waals surface area contributed by atoms with Gasteiger partial charge in [-0.1, -0.05) is 6.08 Å². The number of anilines is 1. The topological polar surface area (TPSA) is 119 Å². The standard InChI is InChI=1S/C28H32F4N6O5/c1-35(2)24(39)10-6-5-9-22(43-27(42)36(3)4)25(40)34-19-8-7-14-37(26(19)41)17-23-33-20-16-18(29)11-12-21(20)38(23)15-13-28(30,31)32/h6-8,10-12,14,16,22H,5,9,13,15,17H2,1-4H3,(H,34,40). The minimum Gasteiger partial charge on any atom is -0.436 e. The van der Waals surface area contributed by atoms with Crippen molar-refractivity contribution in [1.29, 1.82) is 0 Å². The number of nitrogens with one attached hydrogen (secondary N) is 1. The first-order valence-electron chi connectivity index (χ1n) is 13.1. The van der Waals surface area contributed by atoms with Crippen LogP contribution < -0.4 is 10.9 Å². The Balaban J connectivity index is 1.85. The van der Waals surface area contributed by atoms with E-state index in [9.17, 15) is 36.7 Å². The maximum absolute atomic E-state index is 13.8. The molecule has 0 saturated heterocycles. The lowest BCUT2D eigenvalue weighted by Crippen LogP contribution is -2.37. The number of carbonyl (C=O) groups excluding carboxylic acids is 3. The van der Waals surface area contributed by atoms with E-state index in [0.717, 1.165) is 21.6 Å². The average molecular weight is 609 g/mol. The molecule has 3 aromatic rings. The van der Waals surface area contributed by atoms with Gasteiger partial charge < -0.3 is 29.0 Å². The van der Waals surface area contributed by atoms with Gasteiger partial charge >= 0.3 is 12.3 Å². The Morgan fingerprint density at radius 2 is 1.84 bits per heavy atom. The van der Waals surface area contributed by atoms with Crippen molar-refractivity contribution in [3.63, 3.8) is 0 Å². The molecule has 0 aliphatic rings. The van der Waals surface area contributed by atoms with Crippen molar-refractivity contribution < 1.29 is 36.7 Å².